The molecule has 2 heterocycles. The van der Waals surface area contributed by atoms with E-state index < -0.39 is 0 Å². The molecule has 2 atom stereocenters. The zero-order valence-corrected chi connectivity index (χ0v) is 12.7. The van der Waals surface area contributed by atoms with Gasteiger partial charge in [-0.2, -0.15) is 0 Å². The van der Waals surface area contributed by atoms with Crippen molar-refractivity contribution in [2.24, 2.45) is 11.8 Å². The molecule has 0 bridgehead atoms. The van der Waals surface area contributed by atoms with Crippen LogP contribution in [0.2, 0.25) is 0 Å². The number of likely N-dealkylation sites (tertiary alicyclic amines) is 2. The maximum absolute atomic E-state index is 12.6. The SMILES string of the molecule is CCCC1CCCN(C(=O)N2CCCC(C)C2)CC1. The number of hydrogen-bond acceptors (Lipinski definition) is 1. The van der Waals surface area contributed by atoms with Gasteiger partial charge in [-0.3, -0.25) is 0 Å². The van der Waals surface area contributed by atoms with Crippen LogP contribution in [0.4, 0.5) is 4.79 Å². The molecule has 110 valence electrons. The van der Waals surface area contributed by atoms with Crippen molar-refractivity contribution in [3.05, 3.63) is 0 Å². The summed E-state index contributed by atoms with van der Waals surface area (Å²) in [5.74, 6) is 1.53. The molecule has 2 amide bonds. The number of urea groups is 1. The van der Waals surface area contributed by atoms with Gasteiger partial charge in [-0.05, 0) is 43.9 Å². The summed E-state index contributed by atoms with van der Waals surface area (Å²) in [6.07, 6.45) is 8.80. The Labute approximate surface area is 118 Å². The fourth-order valence-corrected chi connectivity index (χ4v) is 3.62. The summed E-state index contributed by atoms with van der Waals surface area (Å²) in [6, 6.07) is 0.309. The molecule has 2 rings (SSSR count). The summed E-state index contributed by atoms with van der Waals surface area (Å²) in [7, 11) is 0. The smallest absolute Gasteiger partial charge is 0.320 e. The minimum absolute atomic E-state index is 0.309. The summed E-state index contributed by atoms with van der Waals surface area (Å²) in [5.41, 5.74) is 0. The van der Waals surface area contributed by atoms with Gasteiger partial charge in [0.2, 0.25) is 0 Å². The average Bonchev–Trinajstić information content (AvgIpc) is 2.64. The molecule has 3 heteroatoms. The fourth-order valence-electron chi connectivity index (χ4n) is 3.62. The molecule has 19 heavy (non-hydrogen) atoms. The summed E-state index contributed by atoms with van der Waals surface area (Å²) in [5, 5.41) is 0. The van der Waals surface area contributed by atoms with E-state index in [9.17, 15) is 4.79 Å². The third kappa shape index (κ3) is 4.12. The Morgan fingerprint density at radius 1 is 1.05 bits per heavy atom. The Hall–Kier alpha value is -0.730. The maximum atomic E-state index is 12.6. The molecular formula is C16H30N2O. The van der Waals surface area contributed by atoms with E-state index in [0.717, 1.165) is 32.1 Å². The van der Waals surface area contributed by atoms with Crippen molar-refractivity contribution >= 4 is 6.03 Å². The normalized spacial score (nSPS) is 29.2. The first kappa shape index (κ1) is 14.7. The molecule has 0 N–H and O–H groups in total. The number of nitrogens with zero attached hydrogens (tertiary/aromatic N) is 2. The van der Waals surface area contributed by atoms with Crippen molar-refractivity contribution in [2.75, 3.05) is 26.2 Å². The van der Waals surface area contributed by atoms with E-state index in [1.165, 1.54) is 44.9 Å². The van der Waals surface area contributed by atoms with Crippen LogP contribution in [0, 0.1) is 11.8 Å². The number of rotatable bonds is 2. The molecule has 0 saturated carbocycles. The molecule has 2 aliphatic rings. The minimum Gasteiger partial charge on any atom is -0.325 e. The lowest BCUT2D eigenvalue weighted by Gasteiger charge is -2.35. The molecule has 2 aliphatic heterocycles. The third-order valence-corrected chi connectivity index (χ3v) is 4.74. The second-order valence-electron chi connectivity index (χ2n) is 6.55. The zero-order valence-electron chi connectivity index (χ0n) is 12.7. The highest BCUT2D eigenvalue weighted by Gasteiger charge is 2.27. The van der Waals surface area contributed by atoms with Gasteiger partial charge in [0.1, 0.15) is 0 Å². The van der Waals surface area contributed by atoms with Gasteiger partial charge in [0.25, 0.3) is 0 Å². The minimum atomic E-state index is 0.309. The fraction of sp³-hybridized carbons (Fsp3) is 0.938. The van der Waals surface area contributed by atoms with Crippen molar-refractivity contribution in [1.29, 1.82) is 0 Å². The predicted octanol–water partition coefficient (Wildman–Crippen LogP) is 3.74. The molecule has 2 fully saturated rings. The Morgan fingerprint density at radius 2 is 1.79 bits per heavy atom. The first-order chi connectivity index (χ1) is 9.20. The molecule has 3 nitrogen and oxygen atoms in total. The van der Waals surface area contributed by atoms with E-state index in [2.05, 4.69) is 23.6 Å². The number of carbonyl (C=O) groups excluding carboxylic acids is 1. The van der Waals surface area contributed by atoms with Crippen molar-refractivity contribution in [3.63, 3.8) is 0 Å². The van der Waals surface area contributed by atoms with Crippen molar-refractivity contribution in [2.45, 2.75) is 58.8 Å². The number of piperidine rings is 1. The van der Waals surface area contributed by atoms with Crippen LogP contribution >= 0.6 is 0 Å². The van der Waals surface area contributed by atoms with Gasteiger partial charge in [-0.1, -0.05) is 26.7 Å². The predicted molar refractivity (Wildman–Crippen MR) is 79.2 cm³/mol. The molecule has 0 aromatic rings. The summed E-state index contributed by atoms with van der Waals surface area (Å²) in [4.78, 5) is 16.8. The highest BCUT2D eigenvalue weighted by Crippen LogP contribution is 2.23. The molecule has 2 saturated heterocycles. The van der Waals surface area contributed by atoms with Crippen molar-refractivity contribution < 1.29 is 4.79 Å². The van der Waals surface area contributed by atoms with Gasteiger partial charge in [0.05, 0.1) is 0 Å². The second-order valence-corrected chi connectivity index (χ2v) is 6.55. The molecule has 0 aromatic heterocycles. The standard InChI is InChI=1S/C16H30N2O/c1-3-6-15-8-5-10-17(12-9-15)16(19)18-11-4-7-14(2)13-18/h14-15H,3-13H2,1-2H3. The number of hydrogen-bond donors (Lipinski definition) is 0. The quantitative estimate of drug-likeness (QED) is 0.747. The van der Waals surface area contributed by atoms with E-state index in [1.807, 2.05) is 0 Å². The van der Waals surface area contributed by atoms with E-state index in [4.69, 9.17) is 0 Å². The monoisotopic (exact) mass is 266 g/mol. The van der Waals surface area contributed by atoms with Crippen molar-refractivity contribution in [3.8, 4) is 0 Å². The summed E-state index contributed by atoms with van der Waals surface area (Å²) >= 11 is 0. The topological polar surface area (TPSA) is 23.6 Å². The van der Waals surface area contributed by atoms with Crippen LogP contribution in [0.25, 0.3) is 0 Å². The van der Waals surface area contributed by atoms with Gasteiger partial charge in [-0.25, -0.2) is 4.79 Å². The van der Waals surface area contributed by atoms with Crippen LogP contribution in [0.1, 0.15) is 58.8 Å². The van der Waals surface area contributed by atoms with E-state index in [-0.39, 0.29) is 0 Å². The van der Waals surface area contributed by atoms with E-state index >= 15 is 0 Å². The highest BCUT2D eigenvalue weighted by atomic mass is 16.2. The summed E-state index contributed by atoms with van der Waals surface area (Å²) in [6.45, 7) is 8.42. The van der Waals surface area contributed by atoms with Gasteiger partial charge in [0, 0.05) is 26.2 Å². The Kier molecular flexibility index (Phi) is 5.53. The lowest BCUT2D eigenvalue weighted by Crippen LogP contribution is -2.47. The highest BCUT2D eigenvalue weighted by molar-refractivity contribution is 5.74. The third-order valence-electron chi connectivity index (χ3n) is 4.74. The Bertz CT molecular complexity index is 292. The van der Waals surface area contributed by atoms with Crippen molar-refractivity contribution in [1.82, 2.24) is 9.80 Å². The zero-order chi connectivity index (χ0) is 13.7. The maximum Gasteiger partial charge on any atom is 0.320 e. The van der Waals surface area contributed by atoms with Crippen LogP contribution in [0.5, 0.6) is 0 Å². The Balaban J connectivity index is 1.85. The lowest BCUT2D eigenvalue weighted by atomic mass is 9.96. The number of carbonyl (C=O) groups is 1. The second kappa shape index (κ2) is 7.16. The molecule has 0 aromatic carbocycles. The van der Waals surface area contributed by atoms with Crippen LogP contribution < -0.4 is 0 Å². The van der Waals surface area contributed by atoms with Gasteiger partial charge < -0.3 is 9.80 Å². The van der Waals surface area contributed by atoms with Crippen LogP contribution in [0.3, 0.4) is 0 Å². The van der Waals surface area contributed by atoms with Gasteiger partial charge in [-0.15, -0.1) is 0 Å². The molecule has 0 radical (unpaired) electrons. The largest absolute Gasteiger partial charge is 0.325 e. The van der Waals surface area contributed by atoms with E-state index in [1.54, 1.807) is 0 Å². The van der Waals surface area contributed by atoms with Gasteiger partial charge in [0.15, 0.2) is 0 Å². The first-order valence-corrected chi connectivity index (χ1v) is 8.24. The molecule has 0 spiro atoms. The lowest BCUT2D eigenvalue weighted by molar-refractivity contribution is 0.132. The van der Waals surface area contributed by atoms with Crippen LogP contribution in [-0.2, 0) is 0 Å². The Morgan fingerprint density at radius 3 is 2.53 bits per heavy atom. The van der Waals surface area contributed by atoms with Gasteiger partial charge >= 0.3 is 6.03 Å². The molecular weight excluding hydrogens is 236 g/mol. The average molecular weight is 266 g/mol. The molecule has 0 aliphatic carbocycles. The molecule has 2 unspecified atom stereocenters. The number of amides is 2. The van der Waals surface area contributed by atoms with Crippen LogP contribution in [0.15, 0.2) is 0 Å². The van der Waals surface area contributed by atoms with Crippen LogP contribution in [-0.4, -0.2) is 42.0 Å². The summed E-state index contributed by atoms with van der Waals surface area (Å²) < 4.78 is 0. The van der Waals surface area contributed by atoms with E-state index in [0.29, 0.717) is 11.9 Å². The first-order valence-electron chi connectivity index (χ1n) is 8.24.